The topological polar surface area (TPSA) is 28.2 Å². The molecule has 0 saturated carbocycles. The molecule has 0 aromatic carbocycles. The number of nitrogens with one attached hydrogen (secondary N) is 1. The average Bonchev–Trinajstić information content (AvgIpc) is 2.84. The molecule has 2 rings (SSSR count). The molecule has 0 unspecified atom stereocenters. The van der Waals surface area contributed by atoms with Gasteiger partial charge < -0.3 is 10.2 Å². The molecule has 1 saturated heterocycles. The minimum Gasteiger partial charge on any atom is -0.371 e. The summed E-state index contributed by atoms with van der Waals surface area (Å²) in [5, 5.41) is 3.52. The quantitative estimate of drug-likeness (QED) is 0.867. The maximum absolute atomic E-state index is 4.44. The van der Waals surface area contributed by atoms with Crippen LogP contribution < -0.4 is 10.2 Å². The molecular formula is C15H25N3. The van der Waals surface area contributed by atoms with E-state index in [1.807, 2.05) is 6.20 Å². The van der Waals surface area contributed by atoms with Gasteiger partial charge in [-0.3, -0.25) is 4.98 Å². The zero-order valence-electron chi connectivity index (χ0n) is 11.9. The van der Waals surface area contributed by atoms with Crippen molar-refractivity contribution in [3.63, 3.8) is 0 Å². The van der Waals surface area contributed by atoms with E-state index in [4.69, 9.17) is 0 Å². The van der Waals surface area contributed by atoms with Crippen molar-refractivity contribution in [2.24, 2.45) is 5.92 Å². The number of aryl methyl sites for hydroxylation is 1. The first-order valence-electron chi connectivity index (χ1n) is 7.08. The first-order valence-corrected chi connectivity index (χ1v) is 7.08. The number of aromatic nitrogens is 1. The van der Waals surface area contributed by atoms with E-state index < -0.39 is 0 Å². The molecule has 3 heteroatoms. The molecule has 0 aliphatic carbocycles. The second-order valence-electron chi connectivity index (χ2n) is 5.67. The third-order valence-corrected chi connectivity index (χ3v) is 3.41. The van der Waals surface area contributed by atoms with Crippen molar-refractivity contribution in [2.45, 2.75) is 40.2 Å². The van der Waals surface area contributed by atoms with E-state index in [1.165, 1.54) is 37.2 Å². The van der Waals surface area contributed by atoms with Gasteiger partial charge in [0.25, 0.3) is 0 Å². The standard InChI is InChI=1S/C15H25N3/c1-12(2)9-16-10-14-11-17-13(3)8-15(14)18-6-4-5-7-18/h8,11-12,16H,4-7,9-10H2,1-3H3. The van der Waals surface area contributed by atoms with Crippen molar-refractivity contribution in [3.05, 3.63) is 23.5 Å². The molecule has 100 valence electrons. The molecule has 1 N–H and O–H groups in total. The van der Waals surface area contributed by atoms with Crippen molar-refractivity contribution in [1.82, 2.24) is 10.3 Å². The second kappa shape index (κ2) is 6.19. The summed E-state index contributed by atoms with van der Waals surface area (Å²) >= 11 is 0. The van der Waals surface area contributed by atoms with Crippen LogP contribution in [0.3, 0.4) is 0 Å². The third kappa shape index (κ3) is 3.45. The van der Waals surface area contributed by atoms with Gasteiger partial charge in [0.2, 0.25) is 0 Å². The minimum absolute atomic E-state index is 0.693. The fourth-order valence-corrected chi connectivity index (χ4v) is 2.46. The van der Waals surface area contributed by atoms with Crippen LogP contribution in [0.25, 0.3) is 0 Å². The molecule has 3 nitrogen and oxygen atoms in total. The van der Waals surface area contributed by atoms with Crippen LogP contribution in [0.15, 0.2) is 12.3 Å². The lowest BCUT2D eigenvalue weighted by Gasteiger charge is -2.22. The van der Waals surface area contributed by atoms with Crippen LogP contribution in [-0.2, 0) is 6.54 Å². The first kappa shape index (κ1) is 13.3. The van der Waals surface area contributed by atoms with Gasteiger partial charge in [-0.25, -0.2) is 0 Å². The zero-order valence-corrected chi connectivity index (χ0v) is 11.9. The van der Waals surface area contributed by atoms with E-state index in [1.54, 1.807) is 0 Å². The smallest absolute Gasteiger partial charge is 0.0445 e. The Labute approximate surface area is 111 Å². The van der Waals surface area contributed by atoms with Crippen LogP contribution in [-0.4, -0.2) is 24.6 Å². The van der Waals surface area contributed by atoms with Crippen molar-refractivity contribution < 1.29 is 0 Å². The third-order valence-electron chi connectivity index (χ3n) is 3.41. The van der Waals surface area contributed by atoms with Gasteiger partial charge in [-0.05, 0) is 38.3 Å². The summed E-state index contributed by atoms with van der Waals surface area (Å²) in [7, 11) is 0. The van der Waals surface area contributed by atoms with E-state index in [0.717, 1.165) is 18.8 Å². The Kier molecular flexibility index (Phi) is 4.59. The molecule has 1 fully saturated rings. The first-order chi connectivity index (χ1) is 8.66. The highest BCUT2D eigenvalue weighted by atomic mass is 15.1. The van der Waals surface area contributed by atoms with E-state index >= 15 is 0 Å². The van der Waals surface area contributed by atoms with Crippen molar-refractivity contribution in [3.8, 4) is 0 Å². The average molecular weight is 247 g/mol. The molecule has 0 atom stereocenters. The normalized spacial score (nSPS) is 15.7. The van der Waals surface area contributed by atoms with Crippen LogP contribution in [0.5, 0.6) is 0 Å². The number of hydrogen-bond donors (Lipinski definition) is 1. The van der Waals surface area contributed by atoms with E-state index in [0.29, 0.717) is 5.92 Å². The van der Waals surface area contributed by atoms with Crippen molar-refractivity contribution >= 4 is 5.69 Å². The van der Waals surface area contributed by atoms with E-state index in [9.17, 15) is 0 Å². The summed E-state index contributed by atoms with van der Waals surface area (Å²) < 4.78 is 0. The molecule has 1 aliphatic heterocycles. The van der Waals surface area contributed by atoms with Crippen LogP contribution >= 0.6 is 0 Å². The number of rotatable bonds is 5. The molecule has 0 radical (unpaired) electrons. The van der Waals surface area contributed by atoms with Crippen LogP contribution in [0.2, 0.25) is 0 Å². The predicted molar refractivity (Wildman–Crippen MR) is 77.0 cm³/mol. The number of pyridine rings is 1. The Hall–Kier alpha value is -1.09. The second-order valence-corrected chi connectivity index (χ2v) is 5.67. The molecule has 0 bridgehead atoms. The Bertz CT molecular complexity index is 381. The highest BCUT2D eigenvalue weighted by Gasteiger charge is 2.16. The molecule has 1 aliphatic rings. The summed E-state index contributed by atoms with van der Waals surface area (Å²) in [6.07, 6.45) is 4.68. The van der Waals surface area contributed by atoms with Gasteiger partial charge >= 0.3 is 0 Å². The molecule has 1 aromatic rings. The Balaban J connectivity index is 2.07. The van der Waals surface area contributed by atoms with Gasteiger partial charge in [0.1, 0.15) is 0 Å². The summed E-state index contributed by atoms with van der Waals surface area (Å²) in [6, 6.07) is 2.23. The SMILES string of the molecule is Cc1cc(N2CCCC2)c(CNCC(C)C)cn1. The van der Waals surface area contributed by atoms with Gasteiger partial charge in [0.15, 0.2) is 0 Å². The minimum atomic E-state index is 0.693. The van der Waals surface area contributed by atoms with Crippen LogP contribution in [0.4, 0.5) is 5.69 Å². The zero-order chi connectivity index (χ0) is 13.0. The van der Waals surface area contributed by atoms with E-state index in [2.05, 4.69) is 42.0 Å². The fraction of sp³-hybridized carbons (Fsp3) is 0.667. The largest absolute Gasteiger partial charge is 0.371 e. The number of nitrogens with zero attached hydrogens (tertiary/aromatic N) is 2. The molecule has 2 heterocycles. The summed E-state index contributed by atoms with van der Waals surface area (Å²) in [4.78, 5) is 6.94. The number of anilines is 1. The fourth-order valence-electron chi connectivity index (χ4n) is 2.46. The highest BCUT2D eigenvalue weighted by Crippen LogP contribution is 2.24. The molecular weight excluding hydrogens is 222 g/mol. The number of hydrogen-bond acceptors (Lipinski definition) is 3. The van der Waals surface area contributed by atoms with Gasteiger partial charge in [-0.15, -0.1) is 0 Å². The lowest BCUT2D eigenvalue weighted by molar-refractivity contribution is 0.551. The van der Waals surface area contributed by atoms with Crippen LogP contribution in [0.1, 0.15) is 37.9 Å². The predicted octanol–water partition coefficient (Wildman–Crippen LogP) is 2.74. The summed E-state index contributed by atoms with van der Waals surface area (Å²) in [5.41, 5.74) is 3.84. The summed E-state index contributed by atoms with van der Waals surface area (Å²) in [5.74, 6) is 0.693. The summed E-state index contributed by atoms with van der Waals surface area (Å²) in [6.45, 7) is 10.9. The van der Waals surface area contributed by atoms with E-state index in [-0.39, 0.29) is 0 Å². The molecule has 1 aromatic heterocycles. The molecule has 0 amide bonds. The maximum Gasteiger partial charge on any atom is 0.0445 e. The lowest BCUT2D eigenvalue weighted by atomic mass is 10.1. The molecule has 18 heavy (non-hydrogen) atoms. The Morgan fingerprint density at radius 2 is 2.06 bits per heavy atom. The monoisotopic (exact) mass is 247 g/mol. The van der Waals surface area contributed by atoms with Crippen molar-refractivity contribution in [1.29, 1.82) is 0 Å². The Morgan fingerprint density at radius 3 is 2.72 bits per heavy atom. The van der Waals surface area contributed by atoms with Gasteiger partial charge in [-0.2, -0.15) is 0 Å². The van der Waals surface area contributed by atoms with Crippen molar-refractivity contribution in [2.75, 3.05) is 24.5 Å². The molecule has 0 spiro atoms. The van der Waals surface area contributed by atoms with Gasteiger partial charge in [0.05, 0.1) is 0 Å². The maximum atomic E-state index is 4.44. The Morgan fingerprint density at radius 1 is 1.33 bits per heavy atom. The highest BCUT2D eigenvalue weighted by molar-refractivity contribution is 5.54. The van der Waals surface area contributed by atoms with Gasteiger partial charge in [0, 0.05) is 42.8 Å². The van der Waals surface area contributed by atoms with Crippen LogP contribution in [0, 0.1) is 12.8 Å². The lowest BCUT2D eigenvalue weighted by Crippen LogP contribution is -2.24. The van der Waals surface area contributed by atoms with Gasteiger partial charge in [-0.1, -0.05) is 13.8 Å².